The molecule has 28 heavy (non-hydrogen) atoms. The minimum absolute atomic E-state index is 0.0584. The number of primary amides is 1. The van der Waals surface area contributed by atoms with Crippen molar-refractivity contribution in [2.45, 2.75) is 19.4 Å². The Morgan fingerprint density at radius 1 is 1.18 bits per heavy atom. The molecule has 0 saturated carbocycles. The SMILES string of the molecule is NC(=O)c1ccc(CNc2cc(Cl)ccc2C(=O)N2CCCC2)c([N+](=O)[O-])c1. The van der Waals surface area contributed by atoms with E-state index in [-0.39, 0.29) is 23.7 Å². The molecule has 0 unspecified atom stereocenters. The van der Waals surface area contributed by atoms with Gasteiger partial charge in [-0.25, -0.2) is 0 Å². The molecule has 1 saturated heterocycles. The highest BCUT2D eigenvalue weighted by Crippen LogP contribution is 2.26. The second kappa shape index (κ2) is 8.26. The minimum Gasteiger partial charge on any atom is -0.380 e. The van der Waals surface area contributed by atoms with Crippen molar-refractivity contribution in [2.75, 3.05) is 18.4 Å². The minimum atomic E-state index is -0.740. The van der Waals surface area contributed by atoms with Gasteiger partial charge in [0.1, 0.15) is 0 Å². The third-order valence-electron chi connectivity index (χ3n) is 4.64. The molecule has 0 radical (unpaired) electrons. The number of carbonyl (C=O) groups excluding carboxylic acids is 2. The van der Waals surface area contributed by atoms with E-state index in [1.54, 1.807) is 23.1 Å². The number of nitro groups is 1. The van der Waals surface area contributed by atoms with Crippen LogP contribution in [-0.2, 0) is 6.54 Å². The van der Waals surface area contributed by atoms with Crippen LogP contribution in [0.5, 0.6) is 0 Å². The van der Waals surface area contributed by atoms with E-state index >= 15 is 0 Å². The Hall–Kier alpha value is -3.13. The van der Waals surface area contributed by atoms with Crippen molar-refractivity contribution < 1.29 is 14.5 Å². The molecule has 2 amide bonds. The predicted molar refractivity (Wildman–Crippen MR) is 106 cm³/mol. The summed E-state index contributed by atoms with van der Waals surface area (Å²) in [5, 5.41) is 14.9. The summed E-state index contributed by atoms with van der Waals surface area (Å²) in [6, 6.07) is 8.95. The highest BCUT2D eigenvalue weighted by Gasteiger charge is 2.23. The molecule has 1 aliphatic heterocycles. The highest BCUT2D eigenvalue weighted by atomic mass is 35.5. The first-order chi connectivity index (χ1) is 13.4. The monoisotopic (exact) mass is 402 g/mol. The predicted octanol–water partition coefficient (Wildman–Crippen LogP) is 3.20. The highest BCUT2D eigenvalue weighted by molar-refractivity contribution is 6.31. The lowest BCUT2D eigenvalue weighted by molar-refractivity contribution is -0.385. The molecule has 9 heteroatoms. The molecule has 3 rings (SSSR count). The van der Waals surface area contributed by atoms with Gasteiger partial charge in [-0.05, 0) is 43.2 Å². The topological polar surface area (TPSA) is 119 Å². The van der Waals surface area contributed by atoms with Crippen LogP contribution in [-0.4, -0.2) is 34.7 Å². The summed E-state index contributed by atoms with van der Waals surface area (Å²) in [6.07, 6.45) is 1.95. The van der Waals surface area contributed by atoms with Crippen LogP contribution < -0.4 is 11.1 Å². The molecular formula is C19H19ClN4O4. The van der Waals surface area contributed by atoms with E-state index in [1.807, 2.05) is 0 Å². The van der Waals surface area contributed by atoms with Crippen molar-refractivity contribution in [2.24, 2.45) is 5.73 Å². The lowest BCUT2D eigenvalue weighted by atomic mass is 10.1. The Morgan fingerprint density at radius 2 is 1.89 bits per heavy atom. The third-order valence-corrected chi connectivity index (χ3v) is 4.88. The second-order valence-corrected chi connectivity index (χ2v) is 6.94. The van der Waals surface area contributed by atoms with Crippen LogP contribution in [0.25, 0.3) is 0 Å². The summed E-state index contributed by atoms with van der Waals surface area (Å²) in [5.74, 6) is -0.841. The smallest absolute Gasteiger partial charge is 0.275 e. The van der Waals surface area contributed by atoms with E-state index in [0.29, 0.717) is 34.9 Å². The van der Waals surface area contributed by atoms with E-state index in [1.165, 1.54) is 12.1 Å². The van der Waals surface area contributed by atoms with E-state index in [0.717, 1.165) is 18.9 Å². The number of halogens is 1. The van der Waals surface area contributed by atoms with Gasteiger partial charge < -0.3 is 16.0 Å². The number of rotatable bonds is 6. The normalized spacial score (nSPS) is 13.4. The molecule has 146 valence electrons. The van der Waals surface area contributed by atoms with E-state index in [4.69, 9.17) is 17.3 Å². The summed E-state index contributed by atoms with van der Waals surface area (Å²) in [5.41, 5.74) is 6.34. The zero-order valence-corrected chi connectivity index (χ0v) is 15.7. The summed E-state index contributed by atoms with van der Waals surface area (Å²) >= 11 is 6.08. The lowest BCUT2D eigenvalue weighted by Gasteiger charge is -2.18. The molecule has 2 aromatic rings. The van der Waals surface area contributed by atoms with Crippen molar-refractivity contribution in [1.82, 2.24) is 4.90 Å². The summed E-state index contributed by atoms with van der Waals surface area (Å²) in [4.78, 5) is 36.6. The van der Waals surface area contributed by atoms with Crippen LogP contribution in [0.15, 0.2) is 36.4 Å². The van der Waals surface area contributed by atoms with Crippen LogP contribution >= 0.6 is 11.6 Å². The third kappa shape index (κ3) is 4.23. The number of carbonyl (C=O) groups is 2. The fourth-order valence-electron chi connectivity index (χ4n) is 3.17. The molecule has 8 nitrogen and oxygen atoms in total. The van der Waals surface area contributed by atoms with E-state index in [2.05, 4.69) is 5.32 Å². The number of nitrogens with one attached hydrogen (secondary N) is 1. The number of nitro benzene ring substituents is 1. The molecule has 2 aromatic carbocycles. The molecule has 1 aliphatic rings. The zero-order chi connectivity index (χ0) is 20.3. The largest absolute Gasteiger partial charge is 0.380 e. The average Bonchev–Trinajstić information content (AvgIpc) is 3.20. The maximum Gasteiger partial charge on any atom is 0.275 e. The maximum absolute atomic E-state index is 12.8. The van der Waals surface area contributed by atoms with Gasteiger partial charge in [-0.15, -0.1) is 0 Å². The van der Waals surface area contributed by atoms with Crippen LogP contribution in [0.1, 0.15) is 39.1 Å². The first kappa shape index (κ1) is 19.6. The van der Waals surface area contributed by atoms with Gasteiger partial charge in [0.25, 0.3) is 11.6 Å². The Balaban J connectivity index is 1.86. The molecule has 0 spiro atoms. The van der Waals surface area contributed by atoms with Crippen molar-refractivity contribution in [3.8, 4) is 0 Å². The Kier molecular flexibility index (Phi) is 5.79. The number of amides is 2. The Morgan fingerprint density at radius 3 is 2.54 bits per heavy atom. The Bertz CT molecular complexity index is 942. The second-order valence-electron chi connectivity index (χ2n) is 6.51. The molecule has 1 fully saturated rings. The molecule has 0 aliphatic carbocycles. The molecule has 0 aromatic heterocycles. The number of nitrogens with two attached hydrogens (primary N) is 1. The van der Waals surface area contributed by atoms with Gasteiger partial charge in [-0.3, -0.25) is 19.7 Å². The summed E-state index contributed by atoms with van der Waals surface area (Å²) < 4.78 is 0. The summed E-state index contributed by atoms with van der Waals surface area (Å²) in [6.45, 7) is 1.50. The number of nitrogens with zero attached hydrogens (tertiary/aromatic N) is 2. The van der Waals surface area contributed by atoms with Crippen molar-refractivity contribution in [3.05, 3.63) is 68.2 Å². The first-order valence-electron chi connectivity index (χ1n) is 8.76. The number of hydrogen-bond donors (Lipinski definition) is 2. The van der Waals surface area contributed by atoms with E-state index in [9.17, 15) is 19.7 Å². The molecule has 3 N–H and O–H groups in total. The number of likely N-dealkylation sites (tertiary alicyclic amines) is 1. The van der Waals surface area contributed by atoms with Crippen LogP contribution in [0.3, 0.4) is 0 Å². The number of benzene rings is 2. The quantitative estimate of drug-likeness (QED) is 0.568. The number of hydrogen-bond acceptors (Lipinski definition) is 5. The van der Waals surface area contributed by atoms with Crippen LogP contribution in [0.2, 0.25) is 5.02 Å². The lowest BCUT2D eigenvalue weighted by Crippen LogP contribution is -2.28. The zero-order valence-electron chi connectivity index (χ0n) is 15.0. The molecule has 1 heterocycles. The van der Waals surface area contributed by atoms with Crippen molar-refractivity contribution in [3.63, 3.8) is 0 Å². The number of anilines is 1. The van der Waals surface area contributed by atoms with E-state index < -0.39 is 10.8 Å². The van der Waals surface area contributed by atoms with Gasteiger partial charge in [-0.1, -0.05) is 11.6 Å². The van der Waals surface area contributed by atoms with Gasteiger partial charge in [0.05, 0.1) is 10.5 Å². The van der Waals surface area contributed by atoms with Crippen LogP contribution in [0, 0.1) is 10.1 Å². The Labute approximate surface area is 166 Å². The average molecular weight is 403 g/mol. The summed E-state index contributed by atoms with van der Waals surface area (Å²) in [7, 11) is 0. The van der Waals surface area contributed by atoms with Gasteiger partial charge >= 0.3 is 0 Å². The van der Waals surface area contributed by atoms with Gasteiger partial charge in [-0.2, -0.15) is 0 Å². The maximum atomic E-state index is 12.8. The van der Waals surface area contributed by atoms with Crippen molar-refractivity contribution in [1.29, 1.82) is 0 Å². The van der Waals surface area contributed by atoms with Crippen LogP contribution in [0.4, 0.5) is 11.4 Å². The first-order valence-corrected chi connectivity index (χ1v) is 9.14. The van der Waals surface area contributed by atoms with Crippen molar-refractivity contribution >= 4 is 34.8 Å². The fourth-order valence-corrected chi connectivity index (χ4v) is 3.34. The van der Waals surface area contributed by atoms with Gasteiger partial charge in [0.2, 0.25) is 5.91 Å². The fraction of sp³-hybridized carbons (Fsp3) is 0.263. The standard InChI is InChI=1S/C19H19ClN4O4/c20-14-5-6-15(19(26)23-7-1-2-8-23)16(10-14)22-11-13-4-3-12(18(21)25)9-17(13)24(27)28/h3-6,9-10,22H,1-2,7-8,11H2,(H2,21,25). The molecule has 0 atom stereocenters. The van der Waals surface area contributed by atoms with Gasteiger partial charge in [0, 0.05) is 47.5 Å². The van der Waals surface area contributed by atoms with Gasteiger partial charge in [0.15, 0.2) is 0 Å². The molecular weight excluding hydrogens is 384 g/mol. The molecule has 0 bridgehead atoms.